The van der Waals surface area contributed by atoms with Crippen molar-refractivity contribution >= 4 is 0 Å². The first-order valence-electron chi connectivity index (χ1n) is 5.49. The lowest BCUT2D eigenvalue weighted by atomic mass is 9.90. The van der Waals surface area contributed by atoms with Crippen LogP contribution in [0.4, 0.5) is 0 Å². The summed E-state index contributed by atoms with van der Waals surface area (Å²) in [6.07, 6.45) is 7.57. The molecule has 1 saturated carbocycles. The van der Waals surface area contributed by atoms with Gasteiger partial charge in [0.15, 0.2) is 0 Å². The molecular formula is C12H18N2. The first-order chi connectivity index (χ1) is 6.76. The Morgan fingerprint density at radius 2 is 2.14 bits per heavy atom. The van der Waals surface area contributed by atoms with Gasteiger partial charge in [-0.05, 0) is 30.9 Å². The molecule has 1 aromatic heterocycles. The molecule has 2 nitrogen and oxygen atoms in total. The quantitative estimate of drug-likeness (QED) is 0.777. The molecule has 1 aliphatic rings. The van der Waals surface area contributed by atoms with Gasteiger partial charge in [-0.15, -0.1) is 0 Å². The van der Waals surface area contributed by atoms with Crippen molar-refractivity contribution in [3.8, 4) is 0 Å². The second-order valence-electron chi connectivity index (χ2n) is 4.23. The van der Waals surface area contributed by atoms with Crippen LogP contribution in [0.5, 0.6) is 0 Å². The molecule has 76 valence electrons. The lowest BCUT2D eigenvalue weighted by Crippen LogP contribution is -2.35. The summed E-state index contributed by atoms with van der Waals surface area (Å²) in [4.78, 5) is 4.48. The number of hydrogen-bond acceptors (Lipinski definition) is 2. The van der Waals surface area contributed by atoms with Crippen molar-refractivity contribution in [2.45, 2.75) is 44.6 Å². The molecule has 0 atom stereocenters. The Hall–Kier alpha value is -0.890. The molecule has 2 heteroatoms. The molecule has 0 saturated heterocycles. The first-order valence-corrected chi connectivity index (χ1v) is 5.49. The van der Waals surface area contributed by atoms with E-state index in [-0.39, 0.29) is 5.54 Å². The molecule has 14 heavy (non-hydrogen) atoms. The predicted octanol–water partition coefficient (Wildman–Crippen LogP) is 2.37. The zero-order valence-electron chi connectivity index (χ0n) is 8.79. The molecule has 1 fully saturated rings. The molecular weight excluding hydrogens is 172 g/mol. The van der Waals surface area contributed by atoms with Crippen LogP contribution in [0, 0.1) is 0 Å². The Balaban J connectivity index is 2.39. The Morgan fingerprint density at radius 3 is 2.79 bits per heavy atom. The van der Waals surface area contributed by atoms with E-state index in [0.29, 0.717) is 0 Å². The number of aromatic nitrogens is 1. The van der Waals surface area contributed by atoms with Gasteiger partial charge < -0.3 is 5.73 Å². The van der Waals surface area contributed by atoms with E-state index in [1.54, 1.807) is 0 Å². The number of rotatable bonds is 2. The standard InChI is InChI=1S/C12H18N2/c1-2-10-6-5-9-14-11(10)12(13)7-3-4-8-12/h5-6,9H,2-4,7-8,13H2,1H3. The van der Waals surface area contributed by atoms with E-state index in [0.717, 1.165) is 25.0 Å². The maximum Gasteiger partial charge on any atom is 0.0634 e. The Bertz CT molecular complexity index is 314. The van der Waals surface area contributed by atoms with Crippen molar-refractivity contribution in [3.63, 3.8) is 0 Å². The molecule has 0 aliphatic heterocycles. The van der Waals surface area contributed by atoms with Gasteiger partial charge in [-0.1, -0.05) is 25.8 Å². The summed E-state index contributed by atoms with van der Waals surface area (Å²) in [5.74, 6) is 0. The molecule has 1 aromatic rings. The highest BCUT2D eigenvalue weighted by Crippen LogP contribution is 2.36. The summed E-state index contributed by atoms with van der Waals surface area (Å²) < 4.78 is 0. The molecule has 0 unspecified atom stereocenters. The van der Waals surface area contributed by atoms with E-state index in [4.69, 9.17) is 5.73 Å². The summed E-state index contributed by atoms with van der Waals surface area (Å²) >= 11 is 0. The van der Waals surface area contributed by atoms with Crippen molar-refractivity contribution in [2.75, 3.05) is 0 Å². The van der Waals surface area contributed by atoms with Crippen molar-refractivity contribution in [1.29, 1.82) is 0 Å². The fraction of sp³-hybridized carbons (Fsp3) is 0.583. The maximum atomic E-state index is 6.39. The number of nitrogens with two attached hydrogens (primary N) is 1. The summed E-state index contributed by atoms with van der Waals surface area (Å²) in [6, 6.07) is 4.15. The lowest BCUT2D eigenvalue weighted by Gasteiger charge is -2.25. The topological polar surface area (TPSA) is 38.9 Å². The highest BCUT2D eigenvalue weighted by atomic mass is 14.8. The van der Waals surface area contributed by atoms with Crippen LogP contribution in [-0.4, -0.2) is 4.98 Å². The van der Waals surface area contributed by atoms with Crippen LogP contribution in [0.15, 0.2) is 18.3 Å². The van der Waals surface area contributed by atoms with Gasteiger partial charge in [0.25, 0.3) is 0 Å². The van der Waals surface area contributed by atoms with Crippen LogP contribution >= 0.6 is 0 Å². The number of hydrogen-bond donors (Lipinski definition) is 1. The minimum absolute atomic E-state index is 0.132. The highest BCUT2D eigenvalue weighted by Gasteiger charge is 2.33. The van der Waals surface area contributed by atoms with E-state index in [2.05, 4.69) is 18.0 Å². The molecule has 1 aliphatic carbocycles. The zero-order valence-corrected chi connectivity index (χ0v) is 8.79. The lowest BCUT2D eigenvalue weighted by molar-refractivity contribution is 0.443. The van der Waals surface area contributed by atoms with Gasteiger partial charge >= 0.3 is 0 Å². The van der Waals surface area contributed by atoms with Crippen LogP contribution in [0.3, 0.4) is 0 Å². The van der Waals surface area contributed by atoms with Crippen molar-refractivity contribution in [2.24, 2.45) is 5.73 Å². The van der Waals surface area contributed by atoms with Crippen molar-refractivity contribution < 1.29 is 0 Å². The van der Waals surface area contributed by atoms with Crippen LogP contribution in [0.1, 0.15) is 43.9 Å². The molecule has 0 bridgehead atoms. The number of nitrogens with zero attached hydrogens (tertiary/aromatic N) is 1. The summed E-state index contributed by atoms with van der Waals surface area (Å²) in [5.41, 5.74) is 8.72. The van der Waals surface area contributed by atoms with Crippen LogP contribution < -0.4 is 5.73 Å². The fourth-order valence-corrected chi connectivity index (χ4v) is 2.41. The third-order valence-corrected chi connectivity index (χ3v) is 3.24. The van der Waals surface area contributed by atoms with E-state index in [1.807, 2.05) is 12.3 Å². The largest absolute Gasteiger partial charge is 0.320 e. The van der Waals surface area contributed by atoms with E-state index in [9.17, 15) is 0 Å². The summed E-state index contributed by atoms with van der Waals surface area (Å²) in [7, 11) is 0. The van der Waals surface area contributed by atoms with Crippen molar-refractivity contribution in [1.82, 2.24) is 4.98 Å². The monoisotopic (exact) mass is 190 g/mol. The number of aryl methyl sites for hydroxylation is 1. The average molecular weight is 190 g/mol. The first kappa shape index (κ1) is 9.66. The molecule has 0 spiro atoms. The highest BCUT2D eigenvalue weighted by molar-refractivity contribution is 5.27. The zero-order chi connectivity index (χ0) is 10.0. The third-order valence-electron chi connectivity index (χ3n) is 3.24. The molecule has 1 heterocycles. The average Bonchev–Trinajstić information content (AvgIpc) is 2.66. The van der Waals surface area contributed by atoms with Gasteiger partial charge in [-0.3, -0.25) is 4.98 Å². The second-order valence-corrected chi connectivity index (χ2v) is 4.23. The van der Waals surface area contributed by atoms with Crippen LogP contribution in [0.25, 0.3) is 0 Å². The Labute approximate surface area is 85.5 Å². The Morgan fingerprint density at radius 1 is 1.43 bits per heavy atom. The van der Waals surface area contributed by atoms with Gasteiger partial charge in [-0.25, -0.2) is 0 Å². The van der Waals surface area contributed by atoms with Gasteiger partial charge in [0.1, 0.15) is 0 Å². The van der Waals surface area contributed by atoms with E-state index < -0.39 is 0 Å². The summed E-state index contributed by atoms with van der Waals surface area (Å²) in [5, 5.41) is 0. The predicted molar refractivity (Wildman–Crippen MR) is 57.9 cm³/mol. The smallest absolute Gasteiger partial charge is 0.0634 e. The van der Waals surface area contributed by atoms with Crippen molar-refractivity contribution in [3.05, 3.63) is 29.6 Å². The molecule has 0 aromatic carbocycles. The van der Waals surface area contributed by atoms with Gasteiger partial charge in [0.2, 0.25) is 0 Å². The van der Waals surface area contributed by atoms with Crippen LogP contribution in [-0.2, 0) is 12.0 Å². The van der Waals surface area contributed by atoms with Crippen LogP contribution in [0.2, 0.25) is 0 Å². The van der Waals surface area contributed by atoms with Gasteiger partial charge in [0.05, 0.1) is 11.2 Å². The molecule has 0 amide bonds. The third kappa shape index (κ3) is 1.55. The number of pyridine rings is 1. The minimum Gasteiger partial charge on any atom is -0.320 e. The molecule has 0 radical (unpaired) electrons. The van der Waals surface area contributed by atoms with Gasteiger partial charge in [0, 0.05) is 6.20 Å². The normalized spacial score (nSPS) is 19.9. The minimum atomic E-state index is -0.132. The maximum absolute atomic E-state index is 6.39. The molecule has 2 N–H and O–H groups in total. The Kier molecular flexibility index (Phi) is 2.55. The SMILES string of the molecule is CCc1cccnc1C1(N)CCCC1. The van der Waals surface area contributed by atoms with E-state index in [1.165, 1.54) is 18.4 Å². The summed E-state index contributed by atoms with van der Waals surface area (Å²) in [6.45, 7) is 2.17. The van der Waals surface area contributed by atoms with Gasteiger partial charge in [-0.2, -0.15) is 0 Å². The molecule has 2 rings (SSSR count). The fourth-order valence-electron chi connectivity index (χ4n) is 2.41. The van der Waals surface area contributed by atoms with E-state index >= 15 is 0 Å². The second kappa shape index (κ2) is 3.70.